The van der Waals surface area contributed by atoms with Crippen molar-refractivity contribution in [3.8, 4) is 0 Å². The van der Waals surface area contributed by atoms with E-state index in [1.54, 1.807) is 0 Å². The summed E-state index contributed by atoms with van der Waals surface area (Å²) in [5, 5.41) is 5.05. The van der Waals surface area contributed by atoms with Crippen LogP contribution in [0.15, 0.2) is 0 Å². The van der Waals surface area contributed by atoms with Gasteiger partial charge in [0, 0.05) is 0 Å². The van der Waals surface area contributed by atoms with Gasteiger partial charge >= 0.3 is 0 Å². The summed E-state index contributed by atoms with van der Waals surface area (Å²) in [4.78, 5) is 0. The molecular weight excluding hydrogens is 220 g/mol. The van der Waals surface area contributed by atoms with E-state index in [9.17, 15) is 0 Å². The molecule has 0 saturated carbocycles. The molecule has 0 aliphatic heterocycles. The van der Waals surface area contributed by atoms with Gasteiger partial charge in [-0.25, -0.2) is 0 Å². The molecule has 0 heterocycles. The lowest BCUT2D eigenvalue weighted by Gasteiger charge is -2.59. The Hall–Kier alpha value is 0.571. The van der Waals surface area contributed by atoms with E-state index >= 15 is 0 Å². The Balaban J connectivity index is 4.78. The van der Waals surface area contributed by atoms with Gasteiger partial charge in [-0.1, -0.05) is 67.2 Å². The molecule has 0 spiro atoms. The highest BCUT2D eigenvalue weighted by atomic mass is 28.4. The van der Waals surface area contributed by atoms with E-state index in [0.717, 1.165) is 0 Å². The van der Waals surface area contributed by atoms with Gasteiger partial charge in [-0.05, 0) is 0 Å². The maximum absolute atomic E-state index is 5.05. The highest BCUT2D eigenvalue weighted by molar-refractivity contribution is 6.93. The third-order valence-corrected chi connectivity index (χ3v) is 9.64. The van der Waals surface area contributed by atoms with Crippen molar-refractivity contribution in [2.24, 2.45) is 0 Å². The van der Waals surface area contributed by atoms with Gasteiger partial charge in [-0.2, -0.15) is 0 Å². The monoisotopic (exact) mass is 247 g/mol. The molecule has 0 aromatic heterocycles. The van der Waals surface area contributed by atoms with Crippen LogP contribution in [-0.2, 0) is 0 Å². The smallest absolute Gasteiger partial charge is 0.0940 e. The van der Waals surface area contributed by atoms with Crippen LogP contribution >= 0.6 is 0 Å². The normalized spacial score (nSPS) is 15.0. The lowest BCUT2D eigenvalue weighted by Crippen LogP contribution is -2.58. The number of hydrogen-bond donors (Lipinski definition) is 0. The molecule has 0 atom stereocenters. The van der Waals surface area contributed by atoms with E-state index in [-0.39, 0.29) is 0 Å². The number of nitrogens with zero attached hydrogens (tertiary/aromatic N) is 2. The summed E-state index contributed by atoms with van der Waals surface area (Å²) >= 11 is 0. The molecule has 0 amide bonds. The minimum atomic E-state index is -1.32. The highest BCUT2D eigenvalue weighted by Crippen LogP contribution is 2.27. The van der Waals surface area contributed by atoms with Crippen LogP contribution < -0.4 is 0 Å². The van der Waals surface area contributed by atoms with Crippen LogP contribution in [-0.4, -0.2) is 29.0 Å². The predicted molar refractivity (Wildman–Crippen MR) is 75.2 cm³/mol. The minimum Gasteiger partial charge on any atom is -0.612 e. The summed E-state index contributed by atoms with van der Waals surface area (Å²) in [5.74, 6) is 0. The summed E-state index contributed by atoms with van der Waals surface area (Å²) in [6.45, 7) is 21.3. The van der Waals surface area contributed by atoms with E-state index in [1.807, 2.05) is 0 Å². The minimum absolute atomic E-state index is 1.27. The van der Waals surface area contributed by atoms with E-state index in [2.05, 4.69) is 63.3 Å². The molecule has 0 radical (unpaired) electrons. The molecule has 0 aliphatic carbocycles. The summed E-state index contributed by atoms with van der Waals surface area (Å²) in [5.41, 5.74) is 0. The van der Waals surface area contributed by atoms with E-state index in [0.29, 0.717) is 0 Å². The van der Waals surface area contributed by atoms with Crippen molar-refractivity contribution in [1.29, 1.82) is 0 Å². The summed E-state index contributed by atoms with van der Waals surface area (Å²) in [6, 6.07) is 0. The summed E-state index contributed by atoms with van der Waals surface area (Å²) < 4.78 is 2.55. The van der Waals surface area contributed by atoms with Crippen molar-refractivity contribution >= 4 is 24.7 Å². The maximum atomic E-state index is 5.05. The molecule has 0 rings (SSSR count). The second-order valence-electron chi connectivity index (χ2n) is 6.92. The average molecular weight is 248 g/mol. The molecule has 0 bridgehead atoms. The van der Waals surface area contributed by atoms with Crippen LogP contribution in [0.25, 0.3) is 5.09 Å². The Morgan fingerprint density at radius 1 is 0.643 bits per heavy atom. The fourth-order valence-corrected chi connectivity index (χ4v) is 14.5. The van der Waals surface area contributed by atoms with Crippen LogP contribution in [0.1, 0.15) is 0 Å². The summed E-state index contributed by atoms with van der Waals surface area (Å²) in [6.07, 6.45) is 0. The van der Waals surface area contributed by atoms with Gasteiger partial charge in [0.05, 0.1) is 16.5 Å². The quantitative estimate of drug-likeness (QED) is 0.540. The molecule has 5 heteroatoms. The summed E-state index contributed by atoms with van der Waals surface area (Å²) in [7, 11) is -3.86. The number of rotatable bonds is 4. The zero-order valence-electron chi connectivity index (χ0n) is 11.4. The van der Waals surface area contributed by atoms with Gasteiger partial charge in [0.2, 0.25) is 0 Å². The maximum Gasteiger partial charge on any atom is 0.0940 e. The molecule has 0 N–H and O–H groups in total. The molecule has 0 unspecified atom stereocenters. The second kappa shape index (κ2) is 4.21. The van der Waals surface area contributed by atoms with Gasteiger partial charge in [0.25, 0.3) is 0 Å². The Morgan fingerprint density at radius 2 is 0.929 bits per heavy atom. The Bertz CT molecular complexity index is 172. The third-order valence-electron chi connectivity index (χ3n) is 1.67. The first-order valence-electron chi connectivity index (χ1n) is 5.37. The van der Waals surface area contributed by atoms with Crippen LogP contribution in [0.4, 0.5) is 0 Å². The van der Waals surface area contributed by atoms with E-state index < -0.39 is 24.7 Å². The zero-order valence-corrected chi connectivity index (χ0v) is 14.4. The Morgan fingerprint density at radius 3 is 1.00 bits per heavy atom. The Kier molecular flexibility index (Phi) is 4.38. The van der Waals surface area contributed by atoms with Gasteiger partial charge < -0.3 is 9.43 Å². The first kappa shape index (κ1) is 14.6. The molecule has 2 nitrogen and oxygen atoms in total. The van der Waals surface area contributed by atoms with Crippen molar-refractivity contribution in [2.75, 3.05) is 0 Å². The predicted octanol–water partition coefficient (Wildman–Crippen LogP) is 4.08. The van der Waals surface area contributed by atoms with Crippen molar-refractivity contribution in [3.05, 3.63) is 5.09 Å². The molecule has 0 fully saturated rings. The fraction of sp³-hybridized carbons (Fsp3) is 1.00. The SMILES string of the molecule is C[Si](C)(C)[N-]N([Si](C)(C)C)[Si](C)(C)C. The second-order valence-corrected chi connectivity index (χ2v) is 21.4. The fourth-order valence-electron chi connectivity index (χ4n) is 1.61. The topological polar surface area (TPSA) is 17.3 Å². The largest absolute Gasteiger partial charge is 0.612 e. The Labute approximate surface area is 93.3 Å². The van der Waals surface area contributed by atoms with Gasteiger partial charge in [-0.15, -0.1) is 0 Å². The highest BCUT2D eigenvalue weighted by Gasteiger charge is 2.29. The van der Waals surface area contributed by atoms with Crippen LogP contribution in [0, 0.1) is 0 Å². The first-order chi connectivity index (χ1) is 5.84. The molecule has 0 aromatic carbocycles. The standard InChI is InChI=1S/C9H27N2Si3/c1-12(2,3)10-11(13(4,5)6)14(7,8)9/h1-9H3/q-1. The lowest BCUT2D eigenvalue weighted by molar-refractivity contribution is 0.803. The third kappa shape index (κ3) is 5.45. The van der Waals surface area contributed by atoms with Gasteiger partial charge in [-0.3, -0.25) is 0 Å². The van der Waals surface area contributed by atoms with Gasteiger partial charge in [0.1, 0.15) is 0 Å². The van der Waals surface area contributed by atoms with E-state index in [4.69, 9.17) is 5.09 Å². The van der Waals surface area contributed by atoms with Crippen LogP contribution in [0.5, 0.6) is 0 Å². The van der Waals surface area contributed by atoms with Crippen molar-refractivity contribution < 1.29 is 0 Å². The van der Waals surface area contributed by atoms with Gasteiger partial charge in [0.15, 0.2) is 0 Å². The molecule has 0 saturated heterocycles. The molecule has 86 valence electrons. The van der Waals surface area contributed by atoms with E-state index in [1.165, 1.54) is 0 Å². The number of hydrogen-bond acceptors (Lipinski definition) is 1. The van der Waals surface area contributed by atoms with Crippen LogP contribution in [0.2, 0.25) is 58.9 Å². The molecule has 14 heavy (non-hydrogen) atoms. The zero-order chi connectivity index (χ0) is 11.8. The van der Waals surface area contributed by atoms with Crippen LogP contribution in [0.3, 0.4) is 0 Å². The van der Waals surface area contributed by atoms with Crippen molar-refractivity contribution in [1.82, 2.24) is 4.34 Å². The molecule has 0 aromatic rings. The first-order valence-corrected chi connectivity index (χ1v) is 15.7. The molecular formula is C9H27N2Si3-. The van der Waals surface area contributed by atoms with Crippen molar-refractivity contribution in [3.63, 3.8) is 0 Å². The molecule has 0 aliphatic rings. The average Bonchev–Trinajstić information content (AvgIpc) is 1.75. The van der Waals surface area contributed by atoms with Crippen molar-refractivity contribution in [2.45, 2.75) is 58.9 Å². The lowest BCUT2D eigenvalue weighted by atomic mass is 11.8.